The van der Waals surface area contributed by atoms with E-state index in [-0.39, 0.29) is 79.3 Å². The van der Waals surface area contributed by atoms with Crippen LogP contribution in [0.4, 0.5) is 0 Å². The number of hydrogen-bond acceptors (Lipinski definition) is 12. The SMILES string of the molecule is O=C(O)C1CCCC([N+](=O)[O-])C1C(=O)NC1CCC(OC2CCCC(OC3CCC(NOCC4C(COO)CCCC4[N+](=O)[O-])CC3)C2)CC1. The van der Waals surface area contributed by atoms with Gasteiger partial charge in [0.25, 0.3) is 0 Å². The van der Waals surface area contributed by atoms with E-state index in [9.17, 15) is 34.9 Å². The van der Waals surface area contributed by atoms with Crippen LogP contribution in [0.5, 0.6) is 0 Å². The summed E-state index contributed by atoms with van der Waals surface area (Å²) in [4.78, 5) is 57.5. The zero-order valence-electron chi connectivity index (χ0n) is 28.9. The second kappa shape index (κ2) is 18.8. The molecule has 0 heterocycles. The lowest BCUT2D eigenvalue weighted by Gasteiger charge is -2.38. The summed E-state index contributed by atoms with van der Waals surface area (Å²) in [6.07, 6.45) is 13.7. The summed E-state index contributed by atoms with van der Waals surface area (Å²) >= 11 is 0. The van der Waals surface area contributed by atoms with Crippen LogP contribution in [-0.4, -0.2) is 93.9 Å². The van der Waals surface area contributed by atoms with Crippen LogP contribution in [0, 0.1) is 43.9 Å². The van der Waals surface area contributed by atoms with Gasteiger partial charge >= 0.3 is 5.97 Å². The minimum atomic E-state index is -1.17. The van der Waals surface area contributed by atoms with Crippen LogP contribution < -0.4 is 10.8 Å². The van der Waals surface area contributed by atoms with Crippen molar-refractivity contribution in [1.82, 2.24) is 10.8 Å². The van der Waals surface area contributed by atoms with Crippen molar-refractivity contribution in [2.75, 3.05) is 13.2 Å². The zero-order valence-corrected chi connectivity index (χ0v) is 28.9. The molecule has 0 aliphatic heterocycles. The zero-order chi connectivity index (χ0) is 35.6. The van der Waals surface area contributed by atoms with Gasteiger partial charge in [0.2, 0.25) is 18.0 Å². The molecule has 16 nitrogen and oxygen atoms in total. The summed E-state index contributed by atoms with van der Waals surface area (Å²) in [6, 6.07) is -1.86. The fourth-order valence-electron chi connectivity index (χ4n) is 9.30. The smallest absolute Gasteiger partial charge is 0.307 e. The molecule has 0 aromatic rings. The molecule has 0 spiro atoms. The van der Waals surface area contributed by atoms with E-state index < -0.39 is 40.7 Å². The molecule has 8 atom stereocenters. The van der Waals surface area contributed by atoms with Crippen molar-refractivity contribution >= 4 is 11.9 Å². The molecular weight excluding hydrogens is 656 g/mol. The second-order valence-electron chi connectivity index (χ2n) is 15.3. The van der Waals surface area contributed by atoms with Crippen molar-refractivity contribution in [3.63, 3.8) is 0 Å². The number of aliphatic carboxylic acids is 1. The fourth-order valence-corrected chi connectivity index (χ4v) is 9.30. The molecule has 4 N–H and O–H groups in total. The maximum Gasteiger partial charge on any atom is 0.307 e. The van der Waals surface area contributed by atoms with E-state index in [0.717, 1.165) is 77.0 Å². The average molecular weight is 713 g/mol. The number of hydroxylamine groups is 1. The first kappa shape index (κ1) is 38.7. The van der Waals surface area contributed by atoms with Crippen LogP contribution in [0.2, 0.25) is 0 Å². The molecule has 5 fully saturated rings. The highest BCUT2D eigenvalue weighted by molar-refractivity contribution is 5.85. The third-order valence-corrected chi connectivity index (χ3v) is 12.1. The number of nitrogens with zero attached hydrogens (tertiary/aromatic N) is 2. The van der Waals surface area contributed by atoms with Crippen LogP contribution in [-0.2, 0) is 28.8 Å². The van der Waals surface area contributed by atoms with E-state index >= 15 is 0 Å². The number of carbonyl (C=O) groups is 2. The Morgan fingerprint density at radius 1 is 0.680 bits per heavy atom. The molecule has 1 amide bonds. The van der Waals surface area contributed by atoms with Gasteiger partial charge in [-0.1, -0.05) is 0 Å². The van der Waals surface area contributed by atoms with Gasteiger partial charge in [-0.05, 0) is 109 Å². The lowest BCUT2D eigenvalue weighted by Crippen LogP contribution is -2.52. The lowest BCUT2D eigenvalue weighted by atomic mass is 9.75. The molecule has 0 aromatic heterocycles. The van der Waals surface area contributed by atoms with Gasteiger partial charge in [0.1, 0.15) is 5.92 Å². The standard InChI is InChI=1S/C34H56N4O12/c39-33(32-28(34(40)41)7-3-9-31(32)38(44)45)35-22-10-14-24(15-11-22)49-26-5-2-6-27(18-26)50-25-16-12-23(13-17-25)36-47-20-29-21(19-48-46)4-1-8-30(29)37(42)43/h21-32,36,46H,1-20H2,(H,35,39)(H,40,41). The molecule has 0 aromatic carbocycles. The molecule has 284 valence electrons. The van der Waals surface area contributed by atoms with Gasteiger partial charge in [-0.15, -0.1) is 0 Å². The molecule has 5 saturated carbocycles. The van der Waals surface area contributed by atoms with Crippen LogP contribution >= 0.6 is 0 Å². The molecule has 5 aliphatic carbocycles. The Morgan fingerprint density at radius 2 is 1.24 bits per heavy atom. The number of nitro groups is 2. The fraction of sp³-hybridized carbons (Fsp3) is 0.941. The quantitative estimate of drug-likeness (QED) is 0.106. The second-order valence-corrected chi connectivity index (χ2v) is 15.3. The van der Waals surface area contributed by atoms with Gasteiger partial charge in [0, 0.05) is 34.8 Å². The molecule has 5 aliphatic rings. The molecule has 50 heavy (non-hydrogen) atoms. The first-order chi connectivity index (χ1) is 24.1. The Hall–Kier alpha value is -2.50. The van der Waals surface area contributed by atoms with Crippen molar-refractivity contribution in [3.05, 3.63) is 20.2 Å². The number of hydrogen-bond donors (Lipinski definition) is 4. The highest BCUT2D eigenvalue weighted by Gasteiger charge is 2.49. The number of ether oxygens (including phenoxy) is 2. The number of amides is 1. The predicted octanol–water partition coefficient (Wildman–Crippen LogP) is 4.29. The van der Waals surface area contributed by atoms with Crippen molar-refractivity contribution in [2.24, 2.45) is 23.7 Å². The minimum absolute atomic E-state index is 0.0714. The van der Waals surface area contributed by atoms with E-state index in [1.54, 1.807) is 0 Å². The monoisotopic (exact) mass is 712 g/mol. The molecule has 0 radical (unpaired) electrons. The van der Waals surface area contributed by atoms with Crippen molar-refractivity contribution < 1.29 is 49.0 Å². The highest BCUT2D eigenvalue weighted by Crippen LogP contribution is 2.36. The van der Waals surface area contributed by atoms with Gasteiger partial charge in [-0.25, -0.2) is 4.89 Å². The van der Waals surface area contributed by atoms with Crippen molar-refractivity contribution in [2.45, 2.75) is 164 Å². The first-order valence-corrected chi connectivity index (χ1v) is 18.9. The maximum absolute atomic E-state index is 13.1. The van der Waals surface area contributed by atoms with E-state index in [1.807, 2.05) is 0 Å². The van der Waals surface area contributed by atoms with Gasteiger partial charge in [-0.3, -0.25) is 35.1 Å². The molecule has 16 heteroatoms. The van der Waals surface area contributed by atoms with Crippen LogP contribution in [0.1, 0.15) is 116 Å². The van der Waals surface area contributed by atoms with E-state index in [4.69, 9.17) is 19.6 Å². The van der Waals surface area contributed by atoms with Gasteiger partial charge in [0.15, 0.2) is 0 Å². The minimum Gasteiger partial charge on any atom is -0.481 e. The predicted molar refractivity (Wildman–Crippen MR) is 177 cm³/mol. The molecule has 8 unspecified atom stereocenters. The Labute approximate surface area is 292 Å². The van der Waals surface area contributed by atoms with Crippen molar-refractivity contribution in [3.8, 4) is 0 Å². The summed E-state index contributed by atoms with van der Waals surface area (Å²) in [6.45, 7) is 0.274. The number of nitrogens with one attached hydrogen (secondary N) is 2. The third-order valence-electron chi connectivity index (χ3n) is 12.1. The van der Waals surface area contributed by atoms with Gasteiger partial charge in [-0.2, -0.15) is 5.48 Å². The third kappa shape index (κ3) is 10.5. The van der Waals surface area contributed by atoms with Crippen molar-refractivity contribution in [1.29, 1.82) is 0 Å². The molecular formula is C34H56N4O12. The normalized spacial score (nSPS) is 38.2. The average Bonchev–Trinajstić information content (AvgIpc) is 3.10. The molecule has 5 rings (SSSR count). The Morgan fingerprint density at radius 3 is 1.82 bits per heavy atom. The van der Waals surface area contributed by atoms with Crippen LogP contribution in [0.25, 0.3) is 0 Å². The highest BCUT2D eigenvalue weighted by atomic mass is 17.1. The number of rotatable bonds is 15. The number of carbonyl (C=O) groups excluding carboxylic acids is 1. The lowest BCUT2D eigenvalue weighted by molar-refractivity contribution is -0.540. The summed E-state index contributed by atoms with van der Waals surface area (Å²) in [5.74, 6) is -4.28. The largest absolute Gasteiger partial charge is 0.481 e. The summed E-state index contributed by atoms with van der Waals surface area (Å²) in [7, 11) is 0. The molecule has 0 bridgehead atoms. The Balaban J connectivity index is 0.981. The summed E-state index contributed by atoms with van der Waals surface area (Å²) in [5.41, 5.74) is 3.14. The van der Waals surface area contributed by atoms with Gasteiger partial charge in [0.05, 0.1) is 49.5 Å². The van der Waals surface area contributed by atoms with Crippen LogP contribution in [0.15, 0.2) is 0 Å². The Kier molecular flexibility index (Phi) is 14.6. The van der Waals surface area contributed by atoms with E-state index in [2.05, 4.69) is 15.7 Å². The maximum atomic E-state index is 13.1. The number of carboxylic acids is 1. The van der Waals surface area contributed by atoms with Gasteiger partial charge < -0.3 is 24.7 Å². The van der Waals surface area contributed by atoms with E-state index in [1.165, 1.54) is 0 Å². The summed E-state index contributed by atoms with van der Waals surface area (Å²) in [5, 5.41) is 44.7. The summed E-state index contributed by atoms with van der Waals surface area (Å²) < 4.78 is 13.1. The topological polar surface area (TPSA) is 222 Å². The number of carboxylic acid groups (broad SMARTS) is 1. The van der Waals surface area contributed by atoms with E-state index in [0.29, 0.717) is 25.7 Å². The molecule has 0 saturated heterocycles. The van der Waals surface area contributed by atoms with Crippen LogP contribution in [0.3, 0.4) is 0 Å². The Bertz CT molecular complexity index is 1110. The first-order valence-electron chi connectivity index (χ1n) is 18.9.